The van der Waals surface area contributed by atoms with E-state index in [1.807, 2.05) is 24.3 Å². The summed E-state index contributed by atoms with van der Waals surface area (Å²) in [5.74, 6) is 0.709. The number of aromatic nitrogens is 3. The SMILES string of the molecule is FC(F)(F)c1cccc(Nc2nc(Nc3cccc(C4CNCCO4)c3)nc(C3CNCCO3)n2)c1. The van der Waals surface area contributed by atoms with Crippen molar-refractivity contribution < 1.29 is 22.6 Å². The van der Waals surface area contributed by atoms with Crippen molar-refractivity contribution in [1.82, 2.24) is 25.6 Å². The molecule has 190 valence electrons. The van der Waals surface area contributed by atoms with Crippen molar-refractivity contribution in [2.75, 3.05) is 50.0 Å². The van der Waals surface area contributed by atoms with Crippen LogP contribution in [-0.4, -0.2) is 54.3 Å². The number of nitrogens with zero attached hydrogens (tertiary/aromatic N) is 3. The van der Waals surface area contributed by atoms with Crippen molar-refractivity contribution in [3.8, 4) is 0 Å². The predicted molar refractivity (Wildman–Crippen MR) is 127 cm³/mol. The number of rotatable bonds is 6. The maximum atomic E-state index is 13.2. The molecule has 2 atom stereocenters. The van der Waals surface area contributed by atoms with E-state index in [2.05, 4.69) is 36.2 Å². The van der Waals surface area contributed by atoms with Crippen LogP contribution in [0.3, 0.4) is 0 Å². The molecule has 5 rings (SSSR count). The molecule has 0 aliphatic carbocycles. The van der Waals surface area contributed by atoms with Crippen LogP contribution >= 0.6 is 0 Å². The average molecular weight is 502 g/mol. The monoisotopic (exact) mass is 501 g/mol. The molecular formula is C24H26F3N7O2. The van der Waals surface area contributed by atoms with Crippen molar-refractivity contribution in [1.29, 1.82) is 0 Å². The highest BCUT2D eigenvalue weighted by atomic mass is 19.4. The van der Waals surface area contributed by atoms with Gasteiger partial charge in [0.05, 0.1) is 24.9 Å². The Kier molecular flexibility index (Phi) is 7.28. The lowest BCUT2D eigenvalue weighted by Gasteiger charge is -2.24. The smallest absolute Gasteiger partial charge is 0.371 e. The third-order valence-corrected chi connectivity index (χ3v) is 5.76. The Hall–Kier alpha value is -3.32. The number of hydrogen-bond donors (Lipinski definition) is 4. The molecule has 36 heavy (non-hydrogen) atoms. The summed E-state index contributed by atoms with van der Waals surface area (Å²) >= 11 is 0. The molecule has 2 saturated heterocycles. The molecule has 0 spiro atoms. The number of hydrogen-bond acceptors (Lipinski definition) is 9. The summed E-state index contributed by atoms with van der Waals surface area (Å²) in [4.78, 5) is 13.4. The molecule has 12 heteroatoms. The van der Waals surface area contributed by atoms with Gasteiger partial charge in [-0.15, -0.1) is 0 Å². The highest BCUT2D eigenvalue weighted by Crippen LogP contribution is 2.31. The molecule has 9 nitrogen and oxygen atoms in total. The molecule has 0 bridgehead atoms. The van der Waals surface area contributed by atoms with Gasteiger partial charge in [0.1, 0.15) is 6.10 Å². The van der Waals surface area contributed by atoms with Gasteiger partial charge >= 0.3 is 6.18 Å². The van der Waals surface area contributed by atoms with E-state index in [-0.39, 0.29) is 23.7 Å². The fourth-order valence-electron chi connectivity index (χ4n) is 4.01. The summed E-state index contributed by atoms with van der Waals surface area (Å²) in [7, 11) is 0. The predicted octanol–water partition coefficient (Wildman–Crippen LogP) is 3.70. The van der Waals surface area contributed by atoms with Gasteiger partial charge in [-0.3, -0.25) is 0 Å². The molecule has 3 heterocycles. The number of halogens is 3. The van der Waals surface area contributed by atoms with Gasteiger partial charge in [-0.2, -0.15) is 28.1 Å². The second kappa shape index (κ2) is 10.7. The van der Waals surface area contributed by atoms with E-state index >= 15 is 0 Å². The van der Waals surface area contributed by atoms with Gasteiger partial charge in [0, 0.05) is 37.6 Å². The zero-order valence-corrected chi connectivity index (χ0v) is 19.3. The number of ether oxygens (including phenoxy) is 2. The molecule has 0 amide bonds. The minimum Gasteiger partial charge on any atom is -0.371 e. The first-order valence-electron chi connectivity index (χ1n) is 11.7. The molecule has 2 unspecified atom stereocenters. The maximum Gasteiger partial charge on any atom is 0.416 e. The fourth-order valence-corrected chi connectivity index (χ4v) is 4.01. The largest absolute Gasteiger partial charge is 0.416 e. The van der Waals surface area contributed by atoms with Crippen molar-refractivity contribution in [2.24, 2.45) is 0 Å². The summed E-state index contributed by atoms with van der Waals surface area (Å²) < 4.78 is 51.2. The molecule has 4 N–H and O–H groups in total. The Morgan fingerprint density at radius 3 is 2.00 bits per heavy atom. The van der Waals surface area contributed by atoms with Crippen LogP contribution in [0.1, 0.15) is 29.2 Å². The number of anilines is 4. The summed E-state index contributed by atoms with van der Waals surface area (Å²) in [6.07, 6.45) is -4.94. The first kappa shape index (κ1) is 24.4. The highest BCUT2D eigenvalue weighted by Gasteiger charge is 2.30. The van der Waals surface area contributed by atoms with Crippen molar-refractivity contribution >= 4 is 23.3 Å². The zero-order valence-electron chi connectivity index (χ0n) is 19.3. The van der Waals surface area contributed by atoms with Gasteiger partial charge in [-0.25, -0.2) is 0 Å². The Balaban J connectivity index is 1.42. The lowest BCUT2D eigenvalue weighted by Crippen LogP contribution is -2.34. The minimum atomic E-state index is -4.46. The summed E-state index contributed by atoms with van der Waals surface area (Å²) in [6, 6.07) is 12.6. The lowest BCUT2D eigenvalue weighted by molar-refractivity contribution is -0.137. The molecule has 0 saturated carbocycles. The average Bonchev–Trinajstić information content (AvgIpc) is 2.89. The van der Waals surface area contributed by atoms with Crippen LogP contribution in [-0.2, 0) is 15.7 Å². The van der Waals surface area contributed by atoms with E-state index < -0.39 is 17.8 Å². The molecule has 0 radical (unpaired) electrons. The molecule has 1 aromatic heterocycles. The van der Waals surface area contributed by atoms with E-state index in [4.69, 9.17) is 9.47 Å². The van der Waals surface area contributed by atoms with Crippen molar-refractivity contribution in [3.05, 3.63) is 65.5 Å². The first-order chi connectivity index (χ1) is 17.4. The normalized spacial score (nSPS) is 20.6. The molecule has 2 aromatic carbocycles. The number of benzene rings is 2. The van der Waals surface area contributed by atoms with Crippen LogP contribution < -0.4 is 21.3 Å². The van der Waals surface area contributed by atoms with E-state index in [9.17, 15) is 13.2 Å². The van der Waals surface area contributed by atoms with E-state index in [0.29, 0.717) is 32.1 Å². The van der Waals surface area contributed by atoms with Crippen molar-refractivity contribution in [2.45, 2.75) is 18.4 Å². The number of morpholine rings is 2. The third kappa shape index (κ3) is 6.08. The van der Waals surface area contributed by atoms with Gasteiger partial charge in [-0.1, -0.05) is 18.2 Å². The van der Waals surface area contributed by atoms with Gasteiger partial charge in [-0.05, 0) is 35.9 Å². The molecule has 2 aliphatic heterocycles. The highest BCUT2D eigenvalue weighted by molar-refractivity contribution is 5.59. The van der Waals surface area contributed by atoms with Crippen molar-refractivity contribution in [3.63, 3.8) is 0 Å². The lowest BCUT2D eigenvalue weighted by atomic mass is 10.1. The van der Waals surface area contributed by atoms with Crippen LogP contribution in [0.15, 0.2) is 48.5 Å². The zero-order chi connectivity index (χ0) is 25.0. The fraction of sp³-hybridized carbons (Fsp3) is 0.375. The van der Waals surface area contributed by atoms with Crippen LogP contribution in [0, 0.1) is 0 Å². The van der Waals surface area contributed by atoms with E-state index in [1.54, 1.807) is 0 Å². The van der Waals surface area contributed by atoms with Gasteiger partial charge in [0.2, 0.25) is 11.9 Å². The molecular weight excluding hydrogens is 475 g/mol. The minimum absolute atomic E-state index is 0.0609. The standard InChI is InChI=1S/C24H26F3N7O2/c25-24(26,27)16-4-2-6-18(12-16)31-23-33-21(20-14-29-8-10-36-20)32-22(34-23)30-17-5-1-3-15(11-17)19-13-28-7-9-35-19/h1-6,11-12,19-20,28-29H,7-10,13-14H2,(H2,30,31,32,33,34). The topological polar surface area (TPSA) is 105 Å². The molecule has 3 aromatic rings. The van der Waals surface area contributed by atoms with Gasteiger partial charge in [0.15, 0.2) is 5.82 Å². The van der Waals surface area contributed by atoms with Gasteiger partial charge in [0.25, 0.3) is 0 Å². The second-order valence-electron chi connectivity index (χ2n) is 8.42. The maximum absolute atomic E-state index is 13.2. The third-order valence-electron chi connectivity index (χ3n) is 5.76. The summed E-state index contributed by atoms with van der Waals surface area (Å²) in [5.41, 5.74) is 1.19. The van der Waals surface area contributed by atoms with E-state index in [0.717, 1.165) is 36.5 Å². The van der Waals surface area contributed by atoms with Crippen LogP contribution in [0.25, 0.3) is 0 Å². The van der Waals surface area contributed by atoms with Crippen LogP contribution in [0.4, 0.5) is 36.4 Å². The first-order valence-corrected chi connectivity index (χ1v) is 11.7. The van der Waals surface area contributed by atoms with Crippen LogP contribution in [0.5, 0.6) is 0 Å². The number of alkyl halides is 3. The summed E-state index contributed by atoms with van der Waals surface area (Å²) in [5, 5.41) is 12.6. The molecule has 2 aliphatic rings. The summed E-state index contributed by atoms with van der Waals surface area (Å²) in [6.45, 7) is 3.89. The quantitative estimate of drug-likeness (QED) is 0.402. The Morgan fingerprint density at radius 1 is 0.778 bits per heavy atom. The van der Waals surface area contributed by atoms with Gasteiger partial charge < -0.3 is 30.7 Å². The Labute approximate surface area is 205 Å². The second-order valence-corrected chi connectivity index (χ2v) is 8.42. The van der Waals surface area contributed by atoms with E-state index in [1.165, 1.54) is 12.1 Å². The molecule has 2 fully saturated rings. The number of nitrogens with one attached hydrogen (secondary N) is 4. The Bertz CT molecular complexity index is 1180. The Morgan fingerprint density at radius 2 is 1.39 bits per heavy atom. The van der Waals surface area contributed by atoms with Crippen LogP contribution in [0.2, 0.25) is 0 Å².